The maximum atomic E-state index is 13.1. The first-order valence-electron chi connectivity index (χ1n) is 6.23. The second-order valence-corrected chi connectivity index (χ2v) is 4.95. The molecule has 20 heavy (non-hydrogen) atoms. The summed E-state index contributed by atoms with van der Waals surface area (Å²) in [6, 6.07) is 6.31. The first-order chi connectivity index (χ1) is 9.61. The number of ether oxygens (including phenoxy) is 1. The van der Waals surface area contributed by atoms with Crippen molar-refractivity contribution < 1.29 is 13.9 Å². The number of aromatic nitrogens is 1. The number of carbonyl (C=O) groups is 1. The Morgan fingerprint density at radius 2 is 2.30 bits per heavy atom. The lowest BCUT2D eigenvalue weighted by Crippen LogP contribution is -2.09. The fourth-order valence-electron chi connectivity index (χ4n) is 1.76. The van der Waals surface area contributed by atoms with E-state index in [-0.39, 0.29) is 11.8 Å². The van der Waals surface area contributed by atoms with Crippen LogP contribution in [0.4, 0.5) is 9.39 Å². The highest BCUT2D eigenvalue weighted by Gasteiger charge is 2.19. The summed E-state index contributed by atoms with van der Waals surface area (Å²) in [4.78, 5) is 11.9. The van der Waals surface area contributed by atoms with Gasteiger partial charge in [0.15, 0.2) is 0 Å². The van der Waals surface area contributed by atoms with Crippen LogP contribution in [-0.2, 0) is 11.3 Å². The van der Waals surface area contributed by atoms with Crippen molar-refractivity contribution in [1.29, 1.82) is 0 Å². The number of nitrogens with one attached hydrogen (secondary N) is 1. The fourth-order valence-corrected chi connectivity index (χ4v) is 2.54. The average molecular weight is 294 g/mol. The highest BCUT2D eigenvalue weighted by atomic mass is 32.1. The predicted octanol–water partition coefficient (Wildman–Crippen LogP) is 3.38. The van der Waals surface area contributed by atoms with Crippen molar-refractivity contribution >= 4 is 22.5 Å². The van der Waals surface area contributed by atoms with Gasteiger partial charge < -0.3 is 10.1 Å². The van der Waals surface area contributed by atoms with Gasteiger partial charge in [0.2, 0.25) is 0 Å². The van der Waals surface area contributed by atoms with Gasteiger partial charge in [-0.05, 0) is 43.1 Å². The highest BCUT2D eigenvalue weighted by Crippen LogP contribution is 2.26. The van der Waals surface area contributed by atoms with Crippen LogP contribution >= 0.6 is 11.5 Å². The van der Waals surface area contributed by atoms with Gasteiger partial charge in [0.05, 0.1) is 12.3 Å². The van der Waals surface area contributed by atoms with E-state index in [2.05, 4.69) is 9.69 Å². The molecule has 2 rings (SSSR count). The number of esters is 1. The average Bonchev–Trinajstić information content (AvgIpc) is 2.78. The molecule has 0 saturated heterocycles. The van der Waals surface area contributed by atoms with Gasteiger partial charge in [0.25, 0.3) is 0 Å². The Hall–Kier alpha value is -1.95. The summed E-state index contributed by atoms with van der Waals surface area (Å²) in [5.41, 5.74) is 1.88. The summed E-state index contributed by atoms with van der Waals surface area (Å²) in [6.07, 6.45) is 0. The molecule has 0 radical (unpaired) electrons. The third-order valence-corrected chi connectivity index (χ3v) is 3.58. The number of hydrogen-bond donors (Lipinski definition) is 1. The number of nitrogens with zero attached hydrogens (tertiary/aromatic N) is 1. The van der Waals surface area contributed by atoms with Crippen molar-refractivity contribution in [2.24, 2.45) is 0 Å². The van der Waals surface area contributed by atoms with E-state index in [1.165, 1.54) is 23.7 Å². The van der Waals surface area contributed by atoms with Gasteiger partial charge in [-0.3, -0.25) is 0 Å². The predicted molar refractivity (Wildman–Crippen MR) is 76.5 cm³/mol. The smallest absolute Gasteiger partial charge is 0.343 e. The Labute approximate surface area is 120 Å². The first-order valence-corrected chi connectivity index (χ1v) is 7.01. The molecule has 0 fully saturated rings. The fraction of sp³-hybridized carbons (Fsp3) is 0.286. The summed E-state index contributed by atoms with van der Waals surface area (Å²) in [5, 5.41) is 3.75. The Bertz CT molecular complexity index is 613. The lowest BCUT2D eigenvalue weighted by Gasteiger charge is -2.07. The number of halogens is 1. The molecule has 6 heteroatoms. The minimum atomic E-state index is -0.388. The maximum absolute atomic E-state index is 13.1. The minimum Gasteiger partial charge on any atom is -0.462 e. The molecule has 4 nitrogen and oxygen atoms in total. The standard InChI is InChI=1S/C14H15FN2O2S/c1-3-19-14(18)12-9(2)17-20-13(12)16-8-10-5-4-6-11(15)7-10/h4-7,16H,3,8H2,1-2H3. The van der Waals surface area contributed by atoms with Crippen LogP contribution in [0.2, 0.25) is 0 Å². The van der Waals surface area contributed by atoms with Crippen LogP contribution in [0.5, 0.6) is 0 Å². The van der Waals surface area contributed by atoms with Crippen molar-refractivity contribution in [1.82, 2.24) is 4.37 Å². The van der Waals surface area contributed by atoms with E-state index in [1.54, 1.807) is 19.9 Å². The zero-order valence-electron chi connectivity index (χ0n) is 11.3. The third kappa shape index (κ3) is 3.33. The zero-order chi connectivity index (χ0) is 14.5. The van der Waals surface area contributed by atoms with E-state index in [4.69, 9.17) is 4.74 Å². The van der Waals surface area contributed by atoms with Gasteiger partial charge in [-0.2, -0.15) is 4.37 Å². The molecule has 0 amide bonds. The number of benzene rings is 1. The van der Waals surface area contributed by atoms with Gasteiger partial charge in [0, 0.05) is 6.54 Å². The van der Waals surface area contributed by atoms with Crippen LogP contribution < -0.4 is 5.32 Å². The molecule has 0 atom stereocenters. The van der Waals surface area contributed by atoms with E-state index in [0.717, 1.165) is 5.56 Å². The Balaban J connectivity index is 2.12. The monoisotopic (exact) mass is 294 g/mol. The molecule has 0 spiro atoms. The zero-order valence-corrected chi connectivity index (χ0v) is 12.1. The second kappa shape index (κ2) is 6.47. The summed E-state index contributed by atoms with van der Waals surface area (Å²) in [5.74, 6) is -0.670. The van der Waals surface area contributed by atoms with Gasteiger partial charge >= 0.3 is 5.97 Å². The first kappa shape index (κ1) is 14.5. The van der Waals surface area contributed by atoms with Crippen LogP contribution in [0.1, 0.15) is 28.5 Å². The van der Waals surface area contributed by atoms with Crippen molar-refractivity contribution in [2.45, 2.75) is 20.4 Å². The van der Waals surface area contributed by atoms with Crippen molar-refractivity contribution in [3.63, 3.8) is 0 Å². The molecule has 1 N–H and O–H groups in total. The van der Waals surface area contributed by atoms with E-state index in [1.807, 2.05) is 6.07 Å². The van der Waals surface area contributed by atoms with Crippen LogP contribution in [0.25, 0.3) is 0 Å². The summed E-state index contributed by atoms with van der Waals surface area (Å²) in [6.45, 7) is 4.26. The number of carbonyl (C=O) groups excluding carboxylic acids is 1. The van der Waals surface area contributed by atoms with E-state index < -0.39 is 0 Å². The molecule has 0 unspecified atom stereocenters. The molecule has 1 heterocycles. The molecule has 0 aliphatic carbocycles. The normalized spacial score (nSPS) is 10.3. The summed E-state index contributed by atoms with van der Waals surface area (Å²) >= 11 is 1.20. The molecule has 2 aromatic rings. The molecular formula is C14H15FN2O2S. The SMILES string of the molecule is CCOC(=O)c1c(C)nsc1NCc1cccc(F)c1. The van der Waals surface area contributed by atoms with Crippen LogP contribution in [-0.4, -0.2) is 16.9 Å². The van der Waals surface area contributed by atoms with Gasteiger partial charge in [-0.1, -0.05) is 12.1 Å². The van der Waals surface area contributed by atoms with Crippen molar-refractivity contribution in [2.75, 3.05) is 11.9 Å². The number of aryl methyl sites for hydroxylation is 1. The van der Waals surface area contributed by atoms with Gasteiger partial charge in [0.1, 0.15) is 16.4 Å². The number of anilines is 1. The Kier molecular flexibility index (Phi) is 4.68. The van der Waals surface area contributed by atoms with E-state index >= 15 is 0 Å². The summed E-state index contributed by atoms with van der Waals surface area (Å²) in [7, 11) is 0. The highest BCUT2D eigenvalue weighted by molar-refractivity contribution is 7.10. The van der Waals surface area contributed by atoms with E-state index in [0.29, 0.717) is 29.4 Å². The van der Waals surface area contributed by atoms with Crippen LogP contribution in [0.3, 0.4) is 0 Å². The van der Waals surface area contributed by atoms with Gasteiger partial charge in [-0.25, -0.2) is 9.18 Å². The summed E-state index contributed by atoms with van der Waals surface area (Å²) < 4.78 is 22.3. The molecular weight excluding hydrogens is 279 g/mol. The second-order valence-electron chi connectivity index (χ2n) is 4.18. The molecule has 0 aliphatic heterocycles. The minimum absolute atomic E-state index is 0.282. The van der Waals surface area contributed by atoms with Gasteiger partial charge in [-0.15, -0.1) is 0 Å². The molecule has 106 valence electrons. The Morgan fingerprint density at radius 3 is 3.00 bits per heavy atom. The third-order valence-electron chi connectivity index (χ3n) is 2.68. The van der Waals surface area contributed by atoms with Crippen LogP contribution in [0, 0.1) is 12.7 Å². The van der Waals surface area contributed by atoms with Crippen molar-refractivity contribution in [3.05, 3.63) is 46.9 Å². The molecule has 1 aromatic heterocycles. The van der Waals surface area contributed by atoms with Crippen LogP contribution in [0.15, 0.2) is 24.3 Å². The number of rotatable bonds is 5. The topological polar surface area (TPSA) is 51.2 Å². The lowest BCUT2D eigenvalue weighted by molar-refractivity contribution is 0.0527. The molecule has 1 aromatic carbocycles. The quantitative estimate of drug-likeness (QED) is 0.859. The maximum Gasteiger partial charge on any atom is 0.343 e. The van der Waals surface area contributed by atoms with E-state index in [9.17, 15) is 9.18 Å². The molecule has 0 aliphatic rings. The lowest BCUT2D eigenvalue weighted by atomic mass is 10.2. The van der Waals surface area contributed by atoms with Crippen molar-refractivity contribution in [3.8, 4) is 0 Å². The molecule has 0 saturated carbocycles. The largest absolute Gasteiger partial charge is 0.462 e. The Morgan fingerprint density at radius 1 is 1.50 bits per heavy atom. The molecule has 0 bridgehead atoms. The number of hydrogen-bond acceptors (Lipinski definition) is 5.